The van der Waals surface area contributed by atoms with Gasteiger partial charge in [0.05, 0.1) is 22.4 Å². The topological polar surface area (TPSA) is 43.8 Å². The summed E-state index contributed by atoms with van der Waals surface area (Å²) in [5.41, 5.74) is 12.5. The second-order valence-corrected chi connectivity index (χ2v) is 6.56. The van der Waals surface area contributed by atoms with Gasteiger partial charge in [-0.05, 0) is 67.2 Å². The van der Waals surface area contributed by atoms with Crippen molar-refractivity contribution in [2.45, 2.75) is 46.7 Å². The van der Waals surface area contributed by atoms with Crippen LogP contribution in [0.15, 0.2) is 22.8 Å². The summed E-state index contributed by atoms with van der Waals surface area (Å²) < 4.78 is 2.96. The van der Waals surface area contributed by atoms with Gasteiger partial charge in [0.15, 0.2) is 0 Å². The molecule has 0 radical (unpaired) electrons. The number of aromatic nitrogens is 2. The van der Waals surface area contributed by atoms with Crippen LogP contribution >= 0.6 is 15.9 Å². The van der Waals surface area contributed by atoms with Gasteiger partial charge in [0, 0.05) is 6.04 Å². The van der Waals surface area contributed by atoms with Crippen molar-refractivity contribution in [2.24, 2.45) is 5.73 Å². The maximum Gasteiger partial charge on any atom is 0.0742 e. The van der Waals surface area contributed by atoms with E-state index in [2.05, 4.69) is 67.8 Å². The van der Waals surface area contributed by atoms with E-state index < -0.39 is 0 Å². The van der Waals surface area contributed by atoms with Crippen LogP contribution in [0, 0.1) is 20.8 Å². The Bertz CT molecular complexity index is 606. The fraction of sp³-hybridized carbons (Fsp3) is 0.438. The van der Waals surface area contributed by atoms with Crippen molar-refractivity contribution in [1.29, 1.82) is 0 Å². The van der Waals surface area contributed by atoms with Gasteiger partial charge in [-0.3, -0.25) is 4.68 Å². The van der Waals surface area contributed by atoms with Gasteiger partial charge in [0.2, 0.25) is 0 Å². The average molecular weight is 336 g/mol. The van der Waals surface area contributed by atoms with Gasteiger partial charge in [-0.25, -0.2) is 0 Å². The maximum atomic E-state index is 6.56. The molecule has 2 N–H and O–H groups in total. The number of nitrogens with zero attached hydrogens (tertiary/aromatic N) is 2. The molecule has 0 saturated carbocycles. The molecule has 0 aliphatic heterocycles. The molecular formula is C16H22BrN3. The van der Waals surface area contributed by atoms with Gasteiger partial charge in [0.25, 0.3) is 0 Å². The Kier molecular flexibility index (Phi) is 4.35. The number of nitrogens with two attached hydrogens (primary N) is 1. The number of hydrogen-bond acceptors (Lipinski definition) is 2. The van der Waals surface area contributed by atoms with Crippen LogP contribution in [-0.4, -0.2) is 9.78 Å². The quantitative estimate of drug-likeness (QED) is 0.913. The largest absolute Gasteiger partial charge is 0.319 e. The van der Waals surface area contributed by atoms with Gasteiger partial charge in [-0.15, -0.1) is 0 Å². The highest BCUT2D eigenvalue weighted by molar-refractivity contribution is 9.10. The Balaban J connectivity index is 2.58. The number of rotatable bonds is 3. The third-order valence-electron chi connectivity index (χ3n) is 3.62. The summed E-state index contributed by atoms with van der Waals surface area (Å²) in [6, 6.07) is 4.49. The number of aryl methyl sites for hydroxylation is 3. The van der Waals surface area contributed by atoms with Gasteiger partial charge >= 0.3 is 0 Å². The molecular weight excluding hydrogens is 314 g/mol. The first-order valence-electron chi connectivity index (χ1n) is 6.89. The summed E-state index contributed by atoms with van der Waals surface area (Å²) in [4.78, 5) is 0. The first-order chi connectivity index (χ1) is 9.32. The van der Waals surface area contributed by atoms with E-state index >= 15 is 0 Å². The van der Waals surface area contributed by atoms with Crippen molar-refractivity contribution in [3.63, 3.8) is 0 Å². The van der Waals surface area contributed by atoms with Crippen molar-refractivity contribution in [2.75, 3.05) is 0 Å². The summed E-state index contributed by atoms with van der Waals surface area (Å²) >= 11 is 3.58. The zero-order valence-electron chi connectivity index (χ0n) is 12.7. The van der Waals surface area contributed by atoms with E-state index in [1.807, 2.05) is 10.9 Å². The standard InChI is InChI=1S/C16H22BrN3/c1-9(2)20-16(13(17)8-19-20)15(18)14-11(4)6-10(3)7-12(14)5/h6-9,15H,18H2,1-5H3. The molecule has 0 fully saturated rings. The Morgan fingerprint density at radius 2 is 1.70 bits per heavy atom. The van der Waals surface area contributed by atoms with Gasteiger partial charge < -0.3 is 5.73 Å². The molecule has 0 bridgehead atoms. The first kappa shape index (κ1) is 15.3. The molecule has 0 aliphatic carbocycles. The lowest BCUT2D eigenvalue weighted by atomic mass is 9.93. The highest BCUT2D eigenvalue weighted by Crippen LogP contribution is 2.32. The van der Waals surface area contributed by atoms with E-state index in [4.69, 9.17) is 5.73 Å². The van der Waals surface area contributed by atoms with E-state index in [1.165, 1.54) is 22.3 Å². The molecule has 1 heterocycles. The van der Waals surface area contributed by atoms with Crippen LogP contribution in [0.3, 0.4) is 0 Å². The highest BCUT2D eigenvalue weighted by atomic mass is 79.9. The smallest absolute Gasteiger partial charge is 0.0742 e. The van der Waals surface area contributed by atoms with Crippen molar-refractivity contribution in [1.82, 2.24) is 9.78 Å². The molecule has 0 spiro atoms. The van der Waals surface area contributed by atoms with Crippen LogP contribution in [0.5, 0.6) is 0 Å². The van der Waals surface area contributed by atoms with Gasteiger partial charge in [-0.2, -0.15) is 5.10 Å². The van der Waals surface area contributed by atoms with Crippen LogP contribution in [0.25, 0.3) is 0 Å². The minimum absolute atomic E-state index is 0.171. The molecule has 2 rings (SSSR count). The van der Waals surface area contributed by atoms with E-state index in [0.717, 1.165) is 10.2 Å². The van der Waals surface area contributed by atoms with Crippen molar-refractivity contribution >= 4 is 15.9 Å². The average Bonchev–Trinajstić information content (AvgIpc) is 2.69. The molecule has 0 saturated heterocycles. The van der Waals surface area contributed by atoms with Gasteiger partial charge in [-0.1, -0.05) is 17.7 Å². The van der Waals surface area contributed by atoms with Crippen LogP contribution in [0.1, 0.15) is 53.9 Å². The molecule has 0 amide bonds. The molecule has 108 valence electrons. The molecule has 2 aromatic rings. The lowest BCUT2D eigenvalue weighted by Gasteiger charge is -2.21. The number of halogens is 1. The van der Waals surface area contributed by atoms with Crippen LogP contribution in [0.4, 0.5) is 0 Å². The van der Waals surface area contributed by atoms with E-state index in [9.17, 15) is 0 Å². The molecule has 1 aromatic heterocycles. The second-order valence-electron chi connectivity index (χ2n) is 5.71. The lowest BCUT2D eigenvalue weighted by Crippen LogP contribution is -2.21. The van der Waals surface area contributed by atoms with Crippen LogP contribution in [0.2, 0.25) is 0 Å². The second kappa shape index (κ2) is 5.70. The van der Waals surface area contributed by atoms with Crippen molar-refractivity contribution < 1.29 is 0 Å². The fourth-order valence-electron chi connectivity index (χ4n) is 2.87. The summed E-state index contributed by atoms with van der Waals surface area (Å²) in [6.45, 7) is 10.6. The van der Waals surface area contributed by atoms with E-state index in [-0.39, 0.29) is 12.1 Å². The fourth-order valence-corrected chi connectivity index (χ4v) is 3.39. The van der Waals surface area contributed by atoms with Crippen molar-refractivity contribution in [3.05, 3.63) is 50.8 Å². The lowest BCUT2D eigenvalue weighted by molar-refractivity contribution is 0.498. The summed E-state index contributed by atoms with van der Waals surface area (Å²) in [7, 11) is 0. The SMILES string of the molecule is Cc1cc(C)c(C(N)c2c(Br)cnn2C(C)C)c(C)c1. The Labute approximate surface area is 129 Å². The Hall–Kier alpha value is -1.13. The zero-order chi connectivity index (χ0) is 15.0. The monoisotopic (exact) mass is 335 g/mol. The molecule has 1 atom stereocenters. The minimum atomic E-state index is -0.171. The number of benzene rings is 1. The molecule has 20 heavy (non-hydrogen) atoms. The molecule has 0 aliphatic rings. The summed E-state index contributed by atoms with van der Waals surface area (Å²) in [5.74, 6) is 0. The van der Waals surface area contributed by atoms with Crippen LogP contribution < -0.4 is 5.73 Å². The normalized spacial score (nSPS) is 13.0. The highest BCUT2D eigenvalue weighted by Gasteiger charge is 2.22. The van der Waals surface area contributed by atoms with Gasteiger partial charge in [0.1, 0.15) is 0 Å². The summed E-state index contributed by atoms with van der Waals surface area (Å²) in [6.07, 6.45) is 1.83. The Morgan fingerprint density at radius 1 is 1.15 bits per heavy atom. The molecule has 1 unspecified atom stereocenters. The minimum Gasteiger partial charge on any atom is -0.319 e. The number of hydrogen-bond donors (Lipinski definition) is 1. The van der Waals surface area contributed by atoms with E-state index in [1.54, 1.807) is 0 Å². The van der Waals surface area contributed by atoms with Crippen molar-refractivity contribution in [3.8, 4) is 0 Å². The molecule has 1 aromatic carbocycles. The van der Waals surface area contributed by atoms with Crippen LogP contribution in [-0.2, 0) is 0 Å². The molecule has 3 nitrogen and oxygen atoms in total. The zero-order valence-corrected chi connectivity index (χ0v) is 14.3. The maximum absolute atomic E-state index is 6.56. The Morgan fingerprint density at radius 3 is 2.20 bits per heavy atom. The van der Waals surface area contributed by atoms with E-state index in [0.29, 0.717) is 0 Å². The predicted molar refractivity (Wildman–Crippen MR) is 87.0 cm³/mol. The predicted octanol–water partition coefficient (Wildman–Crippen LogP) is 4.20. The molecule has 4 heteroatoms. The third-order valence-corrected chi connectivity index (χ3v) is 4.23. The first-order valence-corrected chi connectivity index (χ1v) is 7.68. The summed E-state index contributed by atoms with van der Waals surface area (Å²) in [5, 5.41) is 4.43. The third kappa shape index (κ3) is 2.67.